The molecule has 0 fully saturated rings. The molecular formula is C11H17NO2. The Morgan fingerprint density at radius 3 is 2.64 bits per heavy atom. The summed E-state index contributed by atoms with van der Waals surface area (Å²) >= 11 is 0. The number of benzene rings is 1. The third-order valence-electron chi connectivity index (χ3n) is 1.93. The molecule has 0 saturated carbocycles. The van der Waals surface area contributed by atoms with Crippen LogP contribution in [0.4, 0.5) is 0 Å². The molecule has 1 N–H and O–H groups in total. The Kier molecular flexibility index (Phi) is 5.22. The van der Waals surface area contributed by atoms with Crippen molar-refractivity contribution in [2.75, 3.05) is 13.7 Å². The van der Waals surface area contributed by atoms with E-state index in [2.05, 4.69) is 29.3 Å². The molecule has 0 aromatic heterocycles. The van der Waals surface area contributed by atoms with E-state index in [4.69, 9.17) is 4.89 Å². The predicted octanol–water partition coefficient (Wildman–Crippen LogP) is 1.74. The molecule has 0 heterocycles. The highest BCUT2D eigenvalue weighted by atomic mass is 17.2. The van der Waals surface area contributed by atoms with Gasteiger partial charge in [0, 0.05) is 12.6 Å². The molecule has 0 aliphatic rings. The molecule has 78 valence electrons. The summed E-state index contributed by atoms with van der Waals surface area (Å²) in [7, 11) is 1.52. The quantitative estimate of drug-likeness (QED) is 0.554. The average Bonchev–Trinajstić information content (AvgIpc) is 2.25. The average molecular weight is 195 g/mol. The Hall–Kier alpha value is -0.900. The van der Waals surface area contributed by atoms with Crippen molar-refractivity contribution < 1.29 is 9.78 Å². The van der Waals surface area contributed by atoms with Crippen LogP contribution in [0.5, 0.6) is 0 Å². The summed E-state index contributed by atoms with van der Waals surface area (Å²) in [5.41, 5.74) is 1.27. The lowest BCUT2D eigenvalue weighted by Crippen LogP contribution is -2.29. The normalized spacial score (nSPS) is 12.7. The van der Waals surface area contributed by atoms with Crippen molar-refractivity contribution in [3.63, 3.8) is 0 Å². The lowest BCUT2D eigenvalue weighted by molar-refractivity contribution is -0.275. The zero-order valence-electron chi connectivity index (χ0n) is 8.69. The summed E-state index contributed by atoms with van der Waals surface area (Å²) in [6.45, 7) is 3.47. The van der Waals surface area contributed by atoms with Crippen molar-refractivity contribution in [2.24, 2.45) is 0 Å². The van der Waals surface area contributed by atoms with Gasteiger partial charge in [-0.2, -0.15) is 0 Å². The molecule has 3 nitrogen and oxygen atoms in total. The van der Waals surface area contributed by atoms with Gasteiger partial charge in [-0.15, -0.1) is 0 Å². The molecule has 0 aliphatic carbocycles. The van der Waals surface area contributed by atoms with Gasteiger partial charge in [-0.3, -0.25) is 0 Å². The molecule has 1 aromatic carbocycles. The van der Waals surface area contributed by atoms with Gasteiger partial charge in [-0.1, -0.05) is 30.3 Å². The van der Waals surface area contributed by atoms with Crippen molar-refractivity contribution in [1.82, 2.24) is 5.32 Å². The molecule has 14 heavy (non-hydrogen) atoms. The van der Waals surface area contributed by atoms with E-state index in [0.717, 1.165) is 6.54 Å². The molecule has 0 radical (unpaired) electrons. The second kappa shape index (κ2) is 6.54. The second-order valence-electron chi connectivity index (χ2n) is 3.22. The summed E-state index contributed by atoms with van der Waals surface area (Å²) in [5, 5.41) is 3.33. The number of hydrogen-bond acceptors (Lipinski definition) is 3. The Morgan fingerprint density at radius 2 is 2.00 bits per heavy atom. The summed E-state index contributed by atoms with van der Waals surface area (Å²) in [6, 6.07) is 10.6. The van der Waals surface area contributed by atoms with Gasteiger partial charge in [0.15, 0.2) is 0 Å². The predicted molar refractivity (Wildman–Crippen MR) is 55.7 cm³/mol. The van der Waals surface area contributed by atoms with Crippen LogP contribution in [-0.2, 0) is 16.3 Å². The van der Waals surface area contributed by atoms with Crippen molar-refractivity contribution in [1.29, 1.82) is 0 Å². The van der Waals surface area contributed by atoms with Gasteiger partial charge in [0.1, 0.15) is 0 Å². The maximum absolute atomic E-state index is 4.82. The minimum absolute atomic E-state index is 0.287. The van der Waals surface area contributed by atoms with Gasteiger partial charge in [0.2, 0.25) is 0 Å². The standard InChI is InChI=1S/C11H17NO2/c1-10(9-14-13-2)12-8-11-6-4-3-5-7-11/h3-7,10,12H,8-9H2,1-2H3. The van der Waals surface area contributed by atoms with Crippen LogP contribution in [0, 0.1) is 0 Å². The number of rotatable bonds is 6. The molecule has 1 unspecified atom stereocenters. The fourth-order valence-electron chi connectivity index (χ4n) is 1.12. The van der Waals surface area contributed by atoms with E-state index in [1.807, 2.05) is 18.2 Å². The van der Waals surface area contributed by atoms with E-state index in [9.17, 15) is 0 Å². The van der Waals surface area contributed by atoms with Gasteiger partial charge in [-0.25, -0.2) is 9.78 Å². The highest BCUT2D eigenvalue weighted by molar-refractivity contribution is 5.14. The monoisotopic (exact) mass is 195 g/mol. The molecule has 0 amide bonds. The summed E-state index contributed by atoms with van der Waals surface area (Å²) in [6.07, 6.45) is 0. The van der Waals surface area contributed by atoms with Gasteiger partial charge in [0.25, 0.3) is 0 Å². The summed E-state index contributed by atoms with van der Waals surface area (Å²) < 4.78 is 0. The first-order valence-electron chi connectivity index (χ1n) is 4.76. The van der Waals surface area contributed by atoms with Crippen LogP contribution >= 0.6 is 0 Å². The maximum Gasteiger partial charge on any atom is 0.0972 e. The Bertz CT molecular complexity index is 238. The molecule has 1 aromatic rings. The van der Waals surface area contributed by atoms with Crippen LogP contribution in [0.2, 0.25) is 0 Å². The first-order valence-corrected chi connectivity index (χ1v) is 4.76. The minimum Gasteiger partial charge on any atom is -0.308 e. The molecule has 0 saturated heterocycles. The first kappa shape index (κ1) is 11.2. The fraction of sp³-hybridized carbons (Fsp3) is 0.455. The van der Waals surface area contributed by atoms with Crippen molar-refractivity contribution >= 4 is 0 Å². The van der Waals surface area contributed by atoms with Crippen molar-refractivity contribution in [2.45, 2.75) is 19.5 Å². The maximum atomic E-state index is 4.82. The van der Waals surface area contributed by atoms with Crippen LogP contribution < -0.4 is 5.32 Å². The van der Waals surface area contributed by atoms with Gasteiger partial charge < -0.3 is 5.32 Å². The van der Waals surface area contributed by atoms with Crippen LogP contribution in [0.1, 0.15) is 12.5 Å². The van der Waals surface area contributed by atoms with Crippen LogP contribution in [0.3, 0.4) is 0 Å². The molecule has 3 heteroatoms. The molecule has 1 atom stereocenters. The zero-order chi connectivity index (χ0) is 10.2. The van der Waals surface area contributed by atoms with E-state index >= 15 is 0 Å². The Balaban J connectivity index is 2.20. The zero-order valence-corrected chi connectivity index (χ0v) is 8.69. The molecule has 0 spiro atoms. The number of hydrogen-bond donors (Lipinski definition) is 1. The largest absolute Gasteiger partial charge is 0.308 e. The molecule has 0 bridgehead atoms. The fourth-order valence-corrected chi connectivity index (χ4v) is 1.12. The summed E-state index contributed by atoms with van der Waals surface area (Å²) in [5.74, 6) is 0. The highest BCUT2D eigenvalue weighted by Gasteiger charge is 2.00. The van der Waals surface area contributed by atoms with Crippen LogP contribution in [-0.4, -0.2) is 19.8 Å². The lowest BCUT2D eigenvalue weighted by Gasteiger charge is -2.12. The van der Waals surface area contributed by atoms with E-state index in [1.165, 1.54) is 12.7 Å². The smallest absolute Gasteiger partial charge is 0.0972 e. The van der Waals surface area contributed by atoms with Crippen molar-refractivity contribution in [3.05, 3.63) is 35.9 Å². The third kappa shape index (κ3) is 4.37. The first-order chi connectivity index (χ1) is 6.83. The molecular weight excluding hydrogens is 178 g/mol. The van der Waals surface area contributed by atoms with Gasteiger partial charge in [0.05, 0.1) is 13.7 Å². The topological polar surface area (TPSA) is 30.5 Å². The van der Waals surface area contributed by atoms with Crippen LogP contribution in [0.25, 0.3) is 0 Å². The van der Waals surface area contributed by atoms with Crippen molar-refractivity contribution in [3.8, 4) is 0 Å². The van der Waals surface area contributed by atoms with E-state index in [-0.39, 0.29) is 6.04 Å². The number of nitrogens with one attached hydrogen (secondary N) is 1. The third-order valence-corrected chi connectivity index (χ3v) is 1.93. The van der Waals surface area contributed by atoms with Gasteiger partial charge in [-0.05, 0) is 12.5 Å². The lowest BCUT2D eigenvalue weighted by atomic mass is 10.2. The Labute approximate surface area is 85.0 Å². The SMILES string of the molecule is COOCC(C)NCc1ccccc1. The highest BCUT2D eigenvalue weighted by Crippen LogP contribution is 1.98. The van der Waals surface area contributed by atoms with E-state index < -0.39 is 0 Å². The molecule has 1 rings (SSSR count). The molecule has 0 aliphatic heterocycles. The summed E-state index contributed by atoms with van der Waals surface area (Å²) in [4.78, 5) is 9.35. The second-order valence-corrected chi connectivity index (χ2v) is 3.22. The van der Waals surface area contributed by atoms with E-state index in [1.54, 1.807) is 0 Å². The van der Waals surface area contributed by atoms with Gasteiger partial charge >= 0.3 is 0 Å². The minimum atomic E-state index is 0.287. The van der Waals surface area contributed by atoms with E-state index in [0.29, 0.717) is 6.61 Å². The van der Waals surface area contributed by atoms with Crippen LogP contribution in [0.15, 0.2) is 30.3 Å². The Morgan fingerprint density at radius 1 is 1.29 bits per heavy atom.